The normalized spacial score (nSPS) is 13.4. The number of hydrogen-bond acceptors (Lipinski definition) is 4. The van der Waals surface area contributed by atoms with Crippen molar-refractivity contribution in [2.75, 3.05) is 49.5 Å². The summed E-state index contributed by atoms with van der Waals surface area (Å²) in [6.45, 7) is 7.63. The van der Waals surface area contributed by atoms with Crippen LogP contribution < -0.4 is 20.9 Å². The number of benzene rings is 3. The SMILES string of the molecule is CCNC(=O)N1CCCN(c2ccc(C(=O)NCCc3ccc(C)cc3)cc2NC(=O)c2ccccc2)CC1. The number of anilines is 2. The number of carbonyl (C=O) groups is 3. The molecule has 0 spiro atoms. The summed E-state index contributed by atoms with van der Waals surface area (Å²) in [5.74, 6) is -0.435. The third-order valence-corrected chi connectivity index (χ3v) is 6.81. The van der Waals surface area contributed by atoms with Gasteiger partial charge in [-0.15, -0.1) is 0 Å². The monoisotopic (exact) mass is 527 g/mol. The van der Waals surface area contributed by atoms with E-state index in [-0.39, 0.29) is 17.8 Å². The van der Waals surface area contributed by atoms with Crippen LogP contribution in [-0.2, 0) is 6.42 Å². The van der Waals surface area contributed by atoms with E-state index in [4.69, 9.17) is 0 Å². The molecule has 1 aliphatic heterocycles. The largest absolute Gasteiger partial charge is 0.368 e. The van der Waals surface area contributed by atoms with E-state index in [9.17, 15) is 14.4 Å². The molecule has 39 heavy (non-hydrogen) atoms. The topological polar surface area (TPSA) is 93.8 Å². The third kappa shape index (κ3) is 7.60. The average Bonchev–Trinajstić information content (AvgIpc) is 3.21. The highest BCUT2D eigenvalue weighted by Gasteiger charge is 2.22. The van der Waals surface area contributed by atoms with Crippen molar-refractivity contribution in [2.24, 2.45) is 0 Å². The molecule has 1 aliphatic rings. The first-order valence-electron chi connectivity index (χ1n) is 13.6. The van der Waals surface area contributed by atoms with Gasteiger partial charge in [-0.3, -0.25) is 9.59 Å². The minimum Gasteiger partial charge on any atom is -0.368 e. The van der Waals surface area contributed by atoms with Crippen molar-refractivity contribution in [3.8, 4) is 0 Å². The van der Waals surface area contributed by atoms with Gasteiger partial charge < -0.3 is 25.8 Å². The van der Waals surface area contributed by atoms with Crippen LogP contribution in [0.3, 0.4) is 0 Å². The molecule has 0 unspecified atom stereocenters. The summed E-state index contributed by atoms with van der Waals surface area (Å²) >= 11 is 0. The number of nitrogens with one attached hydrogen (secondary N) is 3. The number of rotatable bonds is 8. The highest BCUT2D eigenvalue weighted by molar-refractivity contribution is 6.07. The molecule has 8 heteroatoms. The van der Waals surface area contributed by atoms with Crippen LogP contribution in [0.5, 0.6) is 0 Å². The Bertz CT molecular complexity index is 1280. The second-order valence-corrected chi connectivity index (χ2v) is 9.71. The minimum atomic E-state index is -0.243. The zero-order chi connectivity index (χ0) is 27.6. The van der Waals surface area contributed by atoms with Crippen LogP contribution in [0.4, 0.5) is 16.2 Å². The van der Waals surface area contributed by atoms with Crippen molar-refractivity contribution in [3.63, 3.8) is 0 Å². The summed E-state index contributed by atoms with van der Waals surface area (Å²) in [6, 6.07) is 22.6. The molecule has 3 aromatic rings. The van der Waals surface area contributed by atoms with Crippen molar-refractivity contribution in [3.05, 3.63) is 95.1 Å². The van der Waals surface area contributed by atoms with Gasteiger partial charge in [0.05, 0.1) is 11.4 Å². The van der Waals surface area contributed by atoms with Crippen LogP contribution in [-0.4, -0.2) is 62.0 Å². The number of aryl methyl sites for hydroxylation is 1. The first-order valence-corrected chi connectivity index (χ1v) is 13.6. The van der Waals surface area contributed by atoms with Gasteiger partial charge in [-0.25, -0.2) is 4.79 Å². The first kappa shape index (κ1) is 27.7. The molecule has 0 bridgehead atoms. The van der Waals surface area contributed by atoms with E-state index in [0.717, 1.165) is 30.6 Å². The maximum Gasteiger partial charge on any atom is 0.317 e. The molecule has 0 radical (unpaired) electrons. The van der Waals surface area contributed by atoms with Gasteiger partial charge in [0, 0.05) is 50.4 Å². The second-order valence-electron chi connectivity index (χ2n) is 9.71. The first-order chi connectivity index (χ1) is 18.9. The number of urea groups is 1. The number of carbonyl (C=O) groups excluding carboxylic acids is 3. The molecule has 1 heterocycles. The van der Waals surface area contributed by atoms with Crippen molar-refractivity contribution < 1.29 is 14.4 Å². The van der Waals surface area contributed by atoms with Gasteiger partial charge in [-0.2, -0.15) is 0 Å². The fourth-order valence-electron chi connectivity index (χ4n) is 4.64. The van der Waals surface area contributed by atoms with Crippen LogP contribution in [0.15, 0.2) is 72.8 Å². The summed E-state index contributed by atoms with van der Waals surface area (Å²) in [6.07, 6.45) is 1.53. The summed E-state index contributed by atoms with van der Waals surface area (Å²) < 4.78 is 0. The fraction of sp³-hybridized carbons (Fsp3) is 0.323. The summed E-state index contributed by atoms with van der Waals surface area (Å²) in [4.78, 5) is 42.5. The maximum absolute atomic E-state index is 13.1. The Labute approximate surface area is 230 Å². The molecule has 204 valence electrons. The van der Waals surface area contributed by atoms with Gasteiger partial charge in [0.2, 0.25) is 0 Å². The summed E-state index contributed by atoms with van der Waals surface area (Å²) in [5, 5.41) is 8.89. The standard InChI is InChI=1S/C31H37N5O3/c1-3-32-31(39)36-19-7-18-35(20-21-36)28-15-14-26(22-27(28)34-30(38)25-8-5-4-6-9-25)29(37)33-17-16-24-12-10-23(2)11-13-24/h4-6,8-15,22H,3,7,16-21H2,1-2H3,(H,32,39)(H,33,37)(H,34,38). The van der Waals surface area contributed by atoms with Gasteiger partial charge in [0.15, 0.2) is 0 Å². The van der Waals surface area contributed by atoms with Crippen LogP contribution >= 0.6 is 0 Å². The van der Waals surface area contributed by atoms with Crippen molar-refractivity contribution in [1.82, 2.24) is 15.5 Å². The van der Waals surface area contributed by atoms with Crippen LogP contribution in [0.2, 0.25) is 0 Å². The molecular formula is C31H37N5O3. The van der Waals surface area contributed by atoms with Crippen molar-refractivity contribution in [1.29, 1.82) is 0 Å². The molecule has 0 aromatic heterocycles. The fourth-order valence-corrected chi connectivity index (χ4v) is 4.64. The van der Waals surface area contributed by atoms with E-state index in [2.05, 4.69) is 45.1 Å². The Morgan fingerprint density at radius 2 is 1.56 bits per heavy atom. The van der Waals surface area contributed by atoms with E-state index in [0.29, 0.717) is 49.5 Å². The van der Waals surface area contributed by atoms with Crippen molar-refractivity contribution in [2.45, 2.75) is 26.7 Å². The van der Waals surface area contributed by atoms with E-state index in [1.165, 1.54) is 5.56 Å². The Balaban J connectivity index is 1.51. The maximum atomic E-state index is 13.1. The van der Waals surface area contributed by atoms with Gasteiger partial charge in [0.25, 0.3) is 11.8 Å². The molecule has 4 rings (SSSR count). The minimum absolute atomic E-state index is 0.0605. The third-order valence-electron chi connectivity index (χ3n) is 6.81. The lowest BCUT2D eigenvalue weighted by atomic mass is 10.1. The highest BCUT2D eigenvalue weighted by atomic mass is 16.2. The molecular weight excluding hydrogens is 490 g/mol. The second kappa shape index (κ2) is 13.5. The molecule has 0 saturated carbocycles. The molecule has 3 N–H and O–H groups in total. The van der Waals surface area contributed by atoms with Gasteiger partial charge in [-0.05, 0) is 62.6 Å². The lowest BCUT2D eigenvalue weighted by molar-refractivity contribution is 0.0952. The Kier molecular flexibility index (Phi) is 9.56. The molecule has 4 amide bonds. The molecule has 1 saturated heterocycles. The van der Waals surface area contributed by atoms with E-state index >= 15 is 0 Å². The Hall–Kier alpha value is -4.33. The molecule has 8 nitrogen and oxygen atoms in total. The molecule has 0 atom stereocenters. The Morgan fingerprint density at radius 1 is 0.795 bits per heavy atom. The van der Waals surface area contributed by atoms with Crippen molar-refractivity contribution >= 4 is 29.2 Å². The smallest absolute Gasteiger partial charge is 0.317 e. The van der Waals surface area contributed by atoms with E-state index < -0.39 is 0 Å². The number of hydrogen-bond donors (Lipinski definition) is 3. The van der Waals surface area contributed by atoms with E-state index in [1.807, 2.05) is 43.0 Å². The van der Waals surface area contributed by atoms with Gasteiger partial charge >= 0.3 is 6.03 Å². The predicted molar refractivity (Wildman–Crippen MR) is 156 cm³/mol. The lowest BCUT2D eigenvalue weighted by Gasteiger charge is -2.26. The average molecular weight is 528 g/mol. The number of nitrogens with zero attached hydrogens (tertiary/aromatic N) is 2. The summed E-state index contributed by atoms with van der Waals surface area (Å²) in [5.41, 5.74) is 4.78. The van der Waals surface area contributed by atoms with Crippen LogP contribution in [0.25, 0.3) is 0 Å². The Morgan fingerprint density at radius 3 is 2.31 bits per heavy atom. The molecule has 3 aromatic carbocycles. The van der Waals surface area contributed by atoms with Crippen LogP contribution in [0.1, 0.15) is 45.2 Å². The zero-order valence-electron chi connectivity index (χ0n) is 22.7. The van der Waals surface area contributed by atoms with Gasteiger partial charge in [-0.1, -0.05) is 48.0 Å². The molecule has 0 aliphatic carbocycles. The highest BCUT2D eigenvalue weighted by Crippen LogP contribution is 2.29. The molecule has 1 fully saturated rings. The number of amides is 4. The van der Waals surface area contributed by atoms with Gasteiger partial charge in [0.1, 0.15) is 0 Å². The summed E-state index contributed by atoms with van der Waals surface area (Å²) in [7, 11) is 0. The quantitative estimate of drug-likeness (QED) is 0.403. The zero-order valence-corrected chi connectivity index (χ0v) is 22.7. The predicted octanol–water partition coefficient (Wildman–Crippen LogP) is 4.46. The van der Waals surface area contributed by atoms with Crippen LogP contribution in [0, 0.1) is 6.92 Å². The van der Waals surface area contributed by atoms with E-state index in [1.54, 1.807) is 24.3 Å². The lowest BCUT2D eigenvalue weighted by Crippen LogP contribution is -2.42.